The third kappa shape index (κ3) is 5.36. The fourth-order valence-electron chi connectivity index (χ4n) is 4.46. The molecule has 0 radical (unpaired) electrons. The van der Waals surface area contributed by atoms with E-state index in [0.29, 0.717) is 31.2 Å². The van der Waals surface area contributed by atoms with E-state index in [2.05, 4.69) is 34.0 Å². The fraction of sp³-hybridized carbons (Fsp3) is 0.900. The molecule has 8 heteroatoms. The van der Waals surface area contributed by atoms with E-state index in [9.17, 15) is 4.79 Å². The molecule has 3 saturated heterocycles. The van der Waals surface area contributed by atoms with Crippen LogP contribution in [0.2, 0.25) is 0 Å². The third-order valence-corrected chi connectivity index (χ3v) is 6.22. The maximum Gasteiger partial charge on any atom is 0.225 e. The van der Waals surface area contributed by atoms with Crippen molar-refractivity contribution in [3.8, 4) is 0 Å². The highest BCUT2D eigenvalue weighted by atomic mass is 16.5. The van der Waals surface area contributed by atoms with Crippen LogP contribution in [0.1, 0.15) is 26.7 Å². The summed E-state index contributed by atoms with van der Waals surface area (Å²) in [5, 5.41) is 3.55. The number of guanidine groups is 1. The van der Waals surface area contributed by atoms with Crippen LogP contribution in [0.15, 0.2) is 4.99 Å². The van der Waals surface area contributed by atoms with E-state index in [1.165, 1.54) is 0 Å². The number of morpholine rings is 2. The number of rotatable bonds is 4. The molecule has 160 valence electrons. The van der Waals surface area contributed by atoms with E-state index >= 15 is 0 Å². The normalized spacial score (nSPS) is 27.0. The number of hydrogen-bond donors (Lipinski definition) is 1. The Kier molecular flexibility index (Phi) is 7.93. The Hall–Kier alpha value is -1.38. The number of nitrogens with one attached hydrogen (secondary N) is 1. The van der Waals surface area contributed by atoms with Crippen molar-refractivity contribution < 1.29 is 14.3 Å². The zero-order valence-electron chi connectivity index (χ0n) is 17.7. The number of aliphatic imine (C=N–C) groups is 1. The van der Waals surface area contributed by atoms with E-state index in [-0.39, 0.29) is 5.92 Å². The minimum Gasteiger partial charge on any atom is -0.379 e. The molecule has 0 aromatic heterocycles. The molecular weight excluding hydrogens is 358 g/mol. The Bertz CT molecular complexity index is 530. The van der Waals surface area contributed by atoms with Crippen molar-refractivity contribution in [1.29, 1.82) is 0 Å². The Morgan fingerprint density at radius 3 is 2.39 bits per heavy atom. The first kappa shape index (κ1) is 21.3. The number of ether oxygens (including phenoxy) is 2. The average Bonchev–Trinajstić information content (AvgIpc) is 2.75. The van der Waals surface area contributed by atoms with Crippen molar-refractivity contribution in [2.45, 2.75) is 38.8 Å². The quantitative estimate of drug-likeness (QED) is 0.543. The molecule has 0 aliphatic carbocycles. The summed E-state index contributed by atoms with van der Waals surface area (Å²) in [4.78, 5) is 24.0. The van der Waals surface area contributed by atoms with Gasteiger partial charge in [-0.25, -0.2) is 0 Å². The van der Waals surface area contributed by atoms with Gasteiger partial charge in [0, 0.05) is 64.3 Å². The van der Waals surface area contributed by atoms with E-state index < -0.39 is 0 Å². The third-order valence-electron chi connectivity index (χ3n) is 6.22. The smallest absolute Gasteiger partial charge is 0.225 e. The lowest BCUT2D eigenvalue weighted by molar-refractivity contribution is -0.140. The monoisotopic (exact) mass is 395 g/mol. The van der Waals surface area contributed by atoms with Crippen LogP contribution in [-0.4, -0.2) is 111 Å². The zero-order chi connectivity index (χ0) is 19.9. The van der Waals surface area contributed by atoms with Crippen LogP contribution in [0, 0.1) is 5.92 Å². The molecule has 0 aromatic carbocycles. The van der Waals surface area contributed by atoms with Gasteiger partial charge in [0.15, 0.2) is 5.96 Å². The van der Waals surface area contributed by atoms with E-state index in [1.807, 2.05) is 11.9 Å². The number of piperidine rings is 1. The van der Waals surface area contributed by atoms with Gasteiger partial charge in [-0.1, -0.05) is 0 Å². The van der Waals surface area contributed by atoms with Crippen molar-refractivity contribution in [2.75, 3.05) is 72.7 Å². The molecule has 2 unspecified atom stereocenters. The van der Waals surface area contributed by atoms with Crippen molar-refractivity contribution in [3.05, 3.63) is 0 Å². The topological polar surface area (TPSA) is 69.6 Å². The minimum absolute atomic E-state index is 0.139. The molecule has 3 aliphatic rings. The second kappa shape index (κ2) is 10.4. The zero-order valence-corrected chi connectivity index (χ0v) is 17.7. The summed E-state index contributed by atoms with van der Waals surface area (Å²) in [5.74, 6) is 1.39. The second-order valence-electron chi connectivity index (χ2n) is 8.14. The van der Waals surface area contributed by atoms with E-state index in [0.717, 1.165) is 71.3 Å². The molecule has 0 aromatic rings. The largest absolute Gasteiger partial charge is 0.379 e. The molecule has 0 bridgehead atoms. The lowest BCUT2D eigenvalue weighted by Gasteiger charge is -2.39. The predicted octanol–water partition coefficient (Wildman–Crippen LogP) is 0.242. The predicted molar refractivity (Wildman–Crippen MR) is 110 cm³/mol. The molecular formula is C20H37N5O3. The van der Waals surface area contributed by atoms with Gasteiger partial charge in [0.2, 0.25) is 5.91 Å². The van der Waals surface area contributed by atoms with Gasteiger partial charge in [-0.3, -0.25) is 14.7 Å². The second-order valence-corrected chi connectivity index (χ2v) is 8.14. The Morgan fingerprint density at radius 1 is 1.07 bits per heavy atom. The Labute approximate surface area is 169 Å². The Morgan fingerprint density at radius 2 is 1.75 bits per heavy atom. The highest BCUT2D eigenvalue weighted by Crippen LogP contribution is 2.20. The maximum atomic E-state index is 12.7. The number of hydrogen-bond acceptors (Lipinski definition) is 5. The number of amides is 1. The summed E-state index contributed by atoms with van der Waals surface area (Å²) in [7, 11) is 1.84. The number of carbonyl (C=O) groups is 1. The summed E-state index contributed by atoms with van der Waals surface area (Å²) in [6.07, 6.45) is 1.79. The van der Waals surface area contributed by atoms with Gasteiger partial charge in [-0.15, -0.1) is 0 Å². The SMILES string of the molecule is CN=C(NCC(C)N1CCOCC1C)N1CCC(C(=O)N2CCOCC2)CC1. The molecule has 28 heavy (non-hydrogen) atoms. The van der Waals surface area contributed by atoms with Gasteiger partial charge in [-0.2, -0.15) is 0 Å². The fourth-order valence-corrected chi connectivity index (χ4v) is 4.46. The van der Waals surface area contributed by atoms with Crippen molar-refractivity contribution in [3.63, 3.8) is 0 Å². The van der Waals surface area contributed by atoms with Crippen LogP contribution >= 0.6 is 0 Å². The van der Waals surface area contributed by atoms with Crippen LogP contribution in [0.3, 0.4) is 0 Å². The van der Waals surface area contributed by atoms with Gasteiger partial charge >= 0.3 is 0 Å². The van der Waals surface area contributed by atoms with E-state index in [4.69, 9.17) is 9.47 Å². The molecule has 1 N–H and O–H groups in total. The summed E-state index contributed by atoms with van der Waals surface area (Å²) < 4.78 is 10.9. The van der Waals surface area contributed by atoms with Crippen LogP contribution in [0.5, 0.6) is 0 Å². The van der Waals surface area contributed by atoms with E-state index in [1.54, 1.807) is 0 Å². The molecule has 1 amide bonds. The van der Waals surface area contributed by atoms with Gasteiger partial charge in [0.05, 0.1) is 26.4 Å². The highest BCUT2D eigenvalue weighted by molar-refractivity contribution is 5.81. The van der Waals surface area contributed by atoms with Gasteiger partial charge < -0.3 is 24.6 Å². The molecule has 3 aliphatic heterocycles. The molecule has 0 spiro atoms. The number of carbonyl (C=O) groups excluding carboxylic acids is 1. The summed E-state index contributed by atoms with van der Waals surface area (Å²) in [6.45, 7) is 12.5. The molecule has 0 saturated carbocycles. The van der Waals surface area contributed by atoms with Crippen LogP contribution < -0.4 is 5.32 Å². The molecule has 2 atom stereocenters. The van der Waals surface area contributed by atoms with Crippen molar-refractivity contribution in [2.24, 2.45) is 10.9 Å². The minimum atomic E-state index is 0.139. The number of nitrogens with zero attached hydrogens (tertiary/aromatic N) is 4. The first-order valence-electron chi connectivity index (χ1n) is 10.8. The summed E-state index contributed by atoms with van der Waals surface area (Å²) in [6, 6.07) is 0.880. The van der Waals surface area contributed by atoms with Gasteiger partial charge in [0.25, 0.3) is 0 Å². The van der Waals surface area contributed by atoms with Crippen molar-refractivity contribution >= 4 is 11.9 Å². The molecule has 3 rings (SSSR count). The maximum absolute atomic E-state index is 12.7. The average molecular weight is 396 g/mol. The highest BCUT2D eigenvalue weighted by Gasteiger charge is 2.30. The number of likely N-dealkylation sites (tertiary alicyclic amines) is 1. The lowest BCUT2D eigenvalue weighted by atomic mass is 9.95. The standard InChI is InChI=1S/C20H37N5O3/c1-16(25-10-13-28-15-17(25)2)14-22-20(21-3)24-6-4-18(5-7-24)19(26)23-8-11-27-12-9-23/h16-18H,4-15H2,1-3H3,(H,21,22). The van der Waals surface area contributed by atoms with Gasteiger partial charge in [0.1, 0.15) is 0 Å². The van der Waals surface area contributed by atoms with Crippen LogP contribution in [0.25, 0.3) is 0 Å². The molecule has 3 heterocycles. The molecule has 3 fully saturated rings. The molecule has 8 nitrogen and oxygen atoms in total. The summed E-state index contributed by atoms with van der Waals surface area (Å²) >= 11 is 0. The summed E-state index contributed by atoms with van der Waals surface area (Å²) in [5.41, 5.74) is 0. The first-order valence-corrected chi connectivity index (χ1v) is 10.8. The lowest BCUT2D eigenvalue weighted by Crippen LogP contribution is -2.54. The first-order chi connectivity index (χ1) is 13.6. The van der Waals surface area contributed by atoms with Crippen LogP contribution in [-0.2, 0) is 14.3 Å². The van der Waals surface area contributed by atoms with Gasteiger partial charge in [-0.05, 0) is 26.7 Å². The Balaban J connectivity index is 1.43. The van der Waals surface area contributed by atoms with Crippen molar-refractivity contribution in [1.82, 2.24) is 20.0 Å². The van der Waals surface area contributed by atoms with Crippen LogP contribution in [0.4, 0.5) is 0 Å².